The molecule has 128 valence electrons. The van der Waals surface area contributed by atoms with Crippen molar-refractivity contribution in [1.29, 1.82) is 0 Å². The van der Waals surface area contributed by atoms with Crippen LogP contribution in [-0.2, 0) is 6.18 Å². The van der Waals surface area contributed by atoms with Gasteiger partial charge in [-0.2, -0.15) is 22.9 Å². The summed E-state index contributed by atoms with van der Waals surface area (Å²) in [5, 5.41) is 4.25. The third-order valence-electron chi connectivity index (χ3n) is 3.25. The van der Waals surface area contributed by atoms with E-state index in [0.717, 1.165) is 6.21 Å². The van der Waals surface area contributed by atoms with Gasteiger partial charge in [-0.05, 0) is 58.5 Å². The van der Waals surface area contributed by atoms with Gasteiger partial charge in [0, 0.05) is 8.59 Å². The Morgan fingerprint density at radius 3 is 2.48 bits per heavy atom. The lowest BCUT2D eigenvalue weighted by molar-refractivity contribution is -0.147. The Balaban J connectivity index is 2.22. The van der Waals surface area contributed by atoms with Crippen molar-refractivity contribution in [3.8, 4) is 0 Å². The van der Waals surface area contributed by atoms with Crippen molar-refractivity contribution in [2.24, 2.45) is 5.10 Å². The van der Waals surface area contributed by atoms with Crippen LogP contribution < -0.4 is 5.56 Å². The number of alkyl halides is 3. The summed E-state index contributed by atoms with van der Waals surface area (Å²) >= 11 is 7.73. The molecule has 0 radical (unpaired) electrons. The molecular weight excluding hydrogens is 470 g/mol. The molecule has 1 aromatic heterocycles. The van der Waals surface area contributed by atoms with Crippen molar-refractivity contribution >= 4 is 51.3 Å². The number of aromatic nitrogens is 2. The second kappa shape index (κ2) is 6.75. The van der Waals surface area contributed by atoms with Gasteiger partial charge in [0.2, 0.25) is 5.82 Å². The maximum absolute atomic E-state index is 13.3. The van der Waals surface area contributed by atoms with Crippen LogP contribution in [0.25, 0.3) is 10.9 Å². The molecule has 0 atom stereocenters. The number of hydrogen-bond donors (Lipinski definition) is 0. The maximum atomic E-state index is 13.3. The molecule has 4 nitrogen and oxygen atoms in total. The maximum Gasteiger partial charge on any atom is 0.451 e. The SMILES string of the molecule is O=c1c2cc(I)ccc2nc(C(F)(F)F)n1N=Cc1ccc(Cl)cc1. The van der Waals surface area contributed by atoms with Gasteiger partial charge in [-0.15, -0.1) is 0 Å². The summed E-state index contributed by atoms with van der Waals surface area (Å²) in [5.74, 6) is -1.38. The molecule has 0 fully saturated rings. The lowest BCUT2D eigenvalue weighted by atomic mass is 10.2. The van der Waals surface area contributed by atoms with Crippen molar-refractivity contribution < 1.29 is 13.2 Å². The fourth-order valence-electron chi connectivity index (χ4n) is 2.11. The van der Waals surface area contributed by atoms with Gasteiger partial charge in [0.25, 0.3) is 5.56 Å². The molecule has 25 heavy (non-hydrogen) atoms. The molecule has 0 saturated carbocycles. The largest absolute Gasteiger partial charge is 0.451 e. The zero-order chi connectivity index (χ0) is 18.2. The standard InChI is InChI=1S/C16H8ClF3IN3O/c17-10-3-1-9(2-4-10)8-22-24-14(25)12-7-11(21)5-6-13(12)23-15(24)16(18,19)20/h1-8H. The quantitative estimate of drug-likeness (QED) is 0.401. The van der Waals surface area contributed by atoms with Crippen LogP contribution in [0.15, 0.2) is 52.4 Å². The number of halogens is 5. The molecule has 0 aliphatic carbocycles. The van der Waals surface area contributed by atoms with Crippen molar-refractivity contribution in [2.75, 3.05) is 0 Å². The molecule has 0 aliphatic rings. The van der Waals surface area contributed by atoms with E-state index in [1.807, 2.05) is 22.6 Å². The molecule has 1 heterocycles. The van der Waals surface area contributed by atoms with Crippen molar-refractivity contribution in [2.45, 2.75) is 6.18 Å². The first-order valence-corrected chi connectivity index (χ1v) is 8.31. The first-order valence-electron chi connectivity index (χ1n) is 6.85. The zero-order valence-electron chi connectivity index (χ0n) is 12.3. The summed E-state index contributed by atoms with van der Waals surface area (Å²) in [7, 11) is 0. The topological polar surface area (TPSA) is 47.2 Å². The van der Waals surface area contributed by atoms with Gasteiger partial charge in [-0.3, -0.25) is 4.79 Å². The van der Waals surface area contributed by atoms with Gasteiger partial charge >= 0.3 is 6.18 Å². The molecule has 0 bridgehead atoms. The van der Waals surface area contributed by atoms with Crippen molar-refractivity contribution in [1.82, 2.24) is 9.66 Å². The monoisotopic (exact) mass is 477 g/mol. The molecule has 0 aliphatic heterocycles. The van der Waals surface area contributed by atoms with Crippen LogP contribution in [0.5, 0.6) is 0 Å². The van der Waals surface area contributed by atoms with Crippen LogP contribution in [0.3, 0.4) is 0 Å². The van der Waals surface area contributed by atoms with Gasteiger partial charge in [0.1, 0.15) is 0 Å². The Hall–Kier alpha value is -1.94. The van der Waals surface area contributed by atoms with Crippen molar-refractivity contribution in [3.63, 3.8) is 0 Å². The minimum Gasteiger partial charge on any atom is -0.267 e. The van der Waals surface area contributed by atoms with Crippen LogP contribution in [0.2, 0.25) is 5.02 Å². The fourth-order valence-corrected chi connectivity index (χ4v) is 2.73. The molecule has 3 aromatic rings. The Bertz CT molecular complexity index is 1030. The second-order valence-corrected chi connectivity index (χ2v) is 6.69. The molecule has 2 aromatic carbocycles. The molecule has 0 amide bonds. The Morgan fingerprint density at radius 2 is 1.84 bits per heavy atom. The molecule has 0 unspecified atom stereocenters. The van der Waals surface area contributed by atoms with Crippen molar-refractivity contribution in [3.05, 3.63) is 72.8 Å². The Kier molecular flexibility index (Phi) is 4.83. The summed E-state index contributed by atoms with van der Waals surface area (Å²) in [6.07, 6.45) is -3.68. The first kappa shape index (κ1) is 17.9. The van der Waals surface area contributed by atoms with Crippen LogP contribution in [0.4, 0.5) is 13.2 Å². The first-order chi connectivity index (χ1) is 11.8. The fraction of sp³-hybridized carbons (Fsp3) is 0.0625. The van der Waals surface area contributed by atoms with Crippen LogP contribution in [0.1, 0.15) is 11.4 Å². The highest BCUT2D eigenvalue weighted by atomic mass is 127. The normalized spacial score (nSPS) is 12.2. The van der Waals surface area contributed by atoms with Gasteiger partial charge in [0.15, 0.2) is 0 Å². The van der Waals surface area contributed by atoms with Gasteiger partial charge in [-0.1, -0.05) is 23.7 Å². The molecule has 9 heteroatoms. The Morgan fingerprint density at radius 1 is 1.16 bits per heavy atom. The minimum atomic E-state index is -4.83. The number of nitrogens with zero attached hydrogens (tertiary/aromatic N) is 3. The summed E-state index contributed by atoms with van der Waals surface area (Å²) in [6.45, 7) is 0. The van der Waals surface area contributed by atoms with E-state index in [0.29, 0.717) is 14.2 Å². The van der Waals surface area contributed by atoms with Gasteiger partial charge < -0.3 is 0 Å². The highest BCUT2D eigenvalue weighted by Crippen LogP contribution is 2.28. The van der Waals surface area contributed by atoms with E-state index in [1.165, 1.54) is 12.1 Å². The number of rotatable bonds is 2. The summed E-state index contributed by atoms with van der Waals surface area (Å²) in [4.78, 5) is 16.1. The molecule has 0 N–H and O–H groups in total. The van der Waals surface area contributed by atoms with E-state index >= 15 is 0 Å². The van der Waals surface area contributed by atoms with Gasteiger partial charge in [-0.25, -0.2) is 4.98 Å². The van der Waals surface area contributed by atoms with E-state index in [4.69, 9.17) is 11.6 Å². The number of fused-ring (bicyclic) bond motifs is 1. The number of benzene rings is 2. The second-order valence-electron chi connectivity index (χ2n) is 5.01. The summed E-state index contributed by atoms with van der Waals surface area (Å²) in [5.41, 5.74) is -0.427. The molecule has 0 saturated heterocycles. The highest BCUT2D eigenvalue weighted by molar-refractivity contribution is 14.1. The predicted octanol–water partition coefficient (Wildman–Crippen LogP) is 4.56. The molecule has 0 spiro atoms. The Labute approximate surface area is 158 Å². The smallest absolute Gasteiger partial charge is 0.267 e. The summed E-state index contributed by atoms with van der Waals surface area (Å²) < 4.78 is 40.9. The zero-order valence-corrected chi connectivity index (χ0v) is 15.2. The van der Waals surface area contributed by atoms with E-state index in [1.54, 1.807) is 30.3 Å². The lowest BCUT2D eigenvalue weighted by Crippen LogP contribution is -2.27. The third kappa shape index (κ3) is 3.84. The average Bonchev–Trinajstić information content (AvgIpc) is 2.55. The van der Waals surface area contributed by atoms with E-state index in [-0.39, 0.29) is 15.6 Å². The van der Waals surface area contributed by atoms with E-state index < -0.39 is 17.6 Å². The average molecular weight is 478 g/mol. The molecular formula is C16H8ClF3IN3O. The van der Waals surface area contributed by atoms with Crippen LogP contribution >= 0.6 is 34.2 Å². The van der Waals surface area contributed by atoms with Crippen LogP contribution in [0, 0.1) is 3.57 Å². The van der Waals surface area contributed by atoms with E-state index in [9.17, 15) is 18.0 Å². The predicted molar refractivity (Wildman–Crippen MR) is 98.2 cm³/mol. The lowest BCUT2D eigenvalue weighted by Gasteiger charge is -2.11. The number of hydrogen-bond acceptors (Lipinski definition) is 3. The van der Waals surface area contributed by atoms with Crippen LogP contribution in [-0.4, -0.2) is 15.9 Å². The minimum absolute atomic E-state index is 0.0318. The highest BCUT2D eigenvalue weighted by Gasteiger charge is 2.37. The summed E-state index contributed by atoms with van der Waals surface area (Å²) in [6, 6.07) is 10.7. The third-order valence-corrected chi connectivity index (χ3v) is 4.18. The van der Waals surface area contributed by atoms with E-state index in [2.05, 4.69) is 10.1 Å². The molecule has 3 rings (SSSR count). The van der Waals surface area contributed by atoms with Gasteiger partial charge in [0.05, 0.1) is 17.1 Å².